The Balaban J connectivity index is 1.80. The van der Waals surface area contributed by atoms with E-state index >= 15 is 0 Å². The molecule has 4 nitrogen and oxygen atoms in total. The van der Waals surface area contributed by atoms with E-state index in [1.54, 1.807) is 0 Å². The first-order valence-electron chi connectivity index (χ1n) is 7.04. The molecule has 1 fully saturated rings. The van der Waals surface area contributed by atoms with Gasteiger partial charge in [-0.2, -0.15) is 0 Å². The highest BCUT2D eigenvalue weighted by atomic mass is 16.5. The van der Waals surface area contributed by atoms with Crippen LogP contribution in [0.4, 0.5) is 0 Å². The van der Waals surface area contributed by atoms with E-state index in [2.05, 4.69) is 23.8 Å². The smallest absolute Gasteiger partial charge is 0.123 e. The van der Waals surface area contributed by atoms with Gasteiger partial charge in [0.25, 0.3) is 0 Å². The third-order valence-corrected chi connectivity index (χ3v) is 3.80. The van der Waals surface area contributed by atoms with Gasteiger partial charge in [0.15, 0.2) is 0 Å². The first kappa shape index (κ1) is 14.3. The number of likely N-dealkylation sites (N-methyl/N-ethyl adjacent to an activating group) is 1. The van der Waals surface area contributed by atoms with Crippen molar-refractivity contribution in [3.05, 3.63) is 29.8 Å². The van der Waals surface area contributed by atoms with Gasteiger partial charge in [0, 0.05) is 44.3 Å². The summed E-state index contributed by atoms with van der Waals surface area (Å²) in [7, 11) is 2.18. The zero-order valence-electron chi connectivity index (χ0n) is 12.0. The largest absolute Gasteiger partial charge is 0.492 e. The number of para-hydroxylation sites is 1. The predicted molar refractivity (Wildman–Crippen MR) is 78.4 cm³/mol. The van der Waals surface area contributed by atoms with Crippen molar-refractivity contribution >= 4 is 0 Å². The first-order chi connectivity index (χ1) is 9.20. The molecule has 0 bridgehead atoms. The van der Waals surface area contributed by atoms with Crippen molar-refractivity contribution in [2.24, 2.45) is 5.73 Å². The summed E-state index contributed by atoms with van der Waals surface area (Å²) in [5, 5.41) is 0. The number of benzene rings is 1. The lowest BCUT2D eigenvalue weighted by Crippen LogP contribution is -2.51. The van der Waals surface area contributed by atoms with Crippen LogP contribution >= 0.6 is 0 Å². The van der Waals surface area contributed by atoms with Crippen molar-refractivity contribution in [2.45, 2.75) is 19.5 Å². The van der Waals surface area contributed by atoms with E-state index < -0.39 is 0 Å². The van der Waals surface area contributed by atoms with E-state index in [9.17, 15) is 0 Å². The minimum absolute atomic E-state index is 0.529. The van der Waals surface area contributed by atoms with Crippen LogP contribution in [0.1, 0.15) is 12.5 Å². The Hall–Kier alpha value is -1.10. The predicted octanol–water partition coefficient (Wildman–Crippen LogP) is 1.16. The standard InChI is InChI=1S/C15H25N3O/c1-13-12-17(2)7-8-18(13)9-10-19-15-6-4-3-5-14(15)11-16/h3-6,13H,7-12,16H2,1-2H3. The molecular formula is C15H25N3O. The minimum atomic E-state index is 0.529. The van der Waals surface area contributed by atoms with Gasteiger partial charge in [0.2, 0.25) is 0 Å². The molecule has 1 aliphatic heterocycles. The quantitative estimate of drug-likeness (QED) is 0.865. The zero-order chi connectivity index (χ0) is 13.7. The molecule has 4 heteroatoms. The van der Waals surface area contributed by atoms with Crippen molar-refractivity contribution in [1.29, 1.82) is 0 Å². The van der Waals surface area contributed by atoms with E-state index in [1.165, 1.54) is 0 Å². The van der Waals surface area contributed by atoms with Crippen LogP contribution in [0.5, 0.6) is 5.75 Å². The number of piperazine rings is 1. The van der Waals surface area contributed by atoms with Crippen LogP contribution < -0.4 is 10.5 Å². The number of hydrogen-bond donors (Lipinski definition) is 1. The second kappa shape index (κ2) is 6.89. The molecule has 1 aromatic carbocycles. The fourth-order valence-electron chi connectivity index (χ4n) is 2.60. The molecule has 1 aromatic rings. The summed E-state index contributed by atoms with van der Waals surface area (Å²) in [6, 6.07) is 8.61. The molecule has 0 saturated carbocycles. The molecule has 0 spiro atoms. The van der Waals surface area contributed by atoms with Gasteiger partial charge in [0.05, 0.1) is 0 Å². The molecular weight excluding hydrogens is 238 g/mol. The van der Waals surface area contributed by atoms with Crippen LogP contribution in [-0.2, 0) is 6.54 Å². The summed E-state index contributed by atoms with van der Waals surface area (Å²) in [4.78, 5) is 4.87. The lowest BCUT2D eigenvalue weighted by molar-refractivity contribution is 0.0857. The van der Waals surface area contributed by atoms with Crippen molar-refractivity contribution in [3.63, 3.8) is 0 Å². The van der Waals surface area contributed by atoms with Gasteiger partial charge in [-0.1, -0.05) is 18.2 Å². The summed E-state index contributed by atoms with van der Waals surface area (Å²) in [6.45, 7) is 7.92. The fraction of sp³-hybridized carbons (Fsp3) is 0.600. The highest BCUT2D eigenvalue weighted by Gasteiger charge is 2.20. The van der Waals surface area contributed by atoms with E-state index in [-0.39, 0.29) is 0 Å². The normalized spacial score (nSPS) is 21.5. The molecule has 19 heavy (non-hydrogen) atoms. The van der Waals surface area contributed by atoms with Crippen LogP contribution in [0.25, 0.3) is 0 Å². The van der Waals surface area contributed by atoms with Gasteiger partial charge >= 0.3 is 0 Å². The Kier molecular flexibility index (Phi) is 5.19. The summed E-state index contributed by atoms with van der Waals surface area (Å²) < 4.78 is 5.87. The molecule has 0 radical (unpaired) electrons. The van der Waals surface area contributed by atoms with Crippen LogP contribution in [0.3, 0.4) is 0 Å². The molecule has 1 atom stereocenters. The SMILES string of the molecule is CC1CN(C)CCN1CCOc1ccccc1CN. The minimum Gasteiger partial charge on any atom is -0.492 e. The van der Waals surface area contributed by atoms with Gasteiger partial charge in [-0.25, -0.2) is 0 Å². The Morgan fingerprint density at radius 3 is 2.84 bits per heavy atom. The summed E-state index contributed by atoms with van der Waals surface area (Å²) in [5.41, 5.74) is 6.78. The lowest BCUT2D eigenvalue weighted by Gasteiger charge is -2.38. The molecule has 1 heterocycles. The number of nitrogens with two attached hydrogens (primary N) is 1. The second-order valence-electron chi connectivity index (χ2n) is 5.31. The molecule has 0 aromatic heterocycles. The van der Waals surface area contributed by atoms with Crippen LogP contribution in [0.2, 0.25) is 0 Å². The summed E-state index contributed by atoms with van der Waals surface area (Å²) in [5.74, 6) is 0.923. The topological polar surface area (TPSA) is 41.7 Å². The molecule has 1 aliphatic rings. The van der Waals surface area contributed by atoms with Gasteiger partial charge in [-0.15, -0.1) is 0 Å². The molecule has 0 aliphatic carbocycles. The number of nitrogens with zero attached hydrogens (tertiary/aromatic N) is 2. The monoisotopic (exact) mass is 263 g/mol. The molecule has 0 amide bonds. The molecule has 2 N–H and O–H groups in total. The second-order valence-corrected chi connectivity index (χ2v) is 5.31. The van der Waals surface area contributed by atoms with E-state index in [0.29, 0.717) is 12.6 Å². The maximum atomic E-state index is 5.87. The van der Waals surface area contributed by atoms with E-state index in [4.69, 9.17) is 10.5 Å². The highest BCUT2D eigenvalue weighted by molar-refractivity contribution is 5.32. The number of ether oxygens (including phenoxy) is 1. The lowest BCUT2D eigenvalue weighted by atomic mass is 10.2. The zero-order valence-corrected chi connectivity index (χ0v) is 12.0. The molecule has 106 valence electrons. The average Bonchev–Trinajstić information content (AvgIpc) is 2.42. The van der Waals surface area contributed by atoms with Gasteiger partial charge < -0.3 is 15.4 Å². The third-order valence-electron chi connectivity index (χ3n) is 3.80. The number of rotatable bonds is 5. The Morgan fingerprint density at radius 2 is 2.11 bits per heavy atom. The third kappa shape index (κ3) is 3.93. The summed E-state index contributed by atoms with van der Waals surface area (Å²) in [6.07, 6.45) is 0. The van der Waals surface area contributed by atoms with Crippen molar-refractivity contribution in [3.8, 4) is 5.75 Å². The highest BCUT2D eigenvalue weighted by Crippen LogP contribution is 2.17. The number of hydrogen-bond acceptors (Lipinski definition) is 4. The van der Waals surface area contributed by atoms with Gasteiger partial charge in [-0.3, -0.25) is 4.90 Å². The van der Waals surface area contributed by atoms with E-state index in [1.807, 2.05) is 24.3 Å². The van der Waals surface area contributed by atoms with Crippen LogP contribution in [-0.4, -0.2) is 55.7 Å². The van der Waals surface area contributed by atoms with Crippen molar-refractivity contribution in [2.75, 3.05) is 39.8 Å². The fourth-order valence-corrected chi connectivity index (χ4v) is 2.60. The Morgan fingerprint density at radius 1 is 1.32 bits per heavy atom. The van der Waals surface area contributed by atoms with Gasteiger partial charge in [-0.05, 0) is 20.0 Å². The first-order valence-corrected chi connectivity index (χ1v) is 7.04. The van der Waals surface area contributed by atoms with Crippen LogP contribution in [0, 0.1) is 0 Å². The van der Waals surface area contributed by atoms with E-state index in [0.717, 1.165) is 44.1 Å². The summed E-state index contributed by atoms with van der Waals surface area (Å²) >= 11 is 0. The van der Waals surface area contributed by atoms with Gasteiger partial charge in [0.1, 0.15) is 12.4 Å². The van der Waals surface area contributed by atoms with Crippen LogP contribution in [0.15, 0.2) is 24.3 Å². The molecule has 1 saturated heterocycles. The maximum absolute atomic E-state index is 5.87. The average molecular weight is 263 g/mol. The van der Waals surface area contributed by atoms with Crippen molar-refractivity contribution < 1.29 is 4.74 Å². The Labute approximate surface area is 116 Å². The maximum Gasteiger partial charge on any atom is 0.123 e. The van der Waals surface area contributed by atoms with Crippen molar-refractivity contribution in [1.82, 2.24) is 9.80 Å². The molecule has 1 unspecified atom stereocenters. The molecule has 2 rings (SSSR count). The Bertz CT molecular complexity index is 397.